The van der Waals surface area contributed by atoms with E-state index in [9.17, 15) is 22.4 Å². The summed E-state index contributed by atoms with van der Waals surface area (Å²) in [4.78, 5) is 24.0. The van der Waals surface area contributed by atoms with Gasteiger partial charge in [-0.05, 0) is 61.6 Å². The van der Waals surface area contributed by atoms with E-state index < -0.39 is 35.1 Å². The molecule has 242 valence electrons. The van der Waals surface area contributed by atoms with Crippen molar-refractivity contribution < 1.29 is 31.8 Å². The van der Waals surface area contributed by atoms with Crippen molar-refractivity contribution in [1.82, 2.24) is 19.7 Å². The van der Waals surface area contributed by atoms with Gasteiger partial charge in [0.25, 0.3) is 5.56 Å². The van der Waals surface area contributed by atoms with Gasteiger partial charge in [-0.25, -0.2) is 9.37 Å². The number of nitrogens with one attached hydrogen (secondary N) is 1. The predicted octanol–water partition coefficient (Wildman–Crippen LogP) is 6.52. The summed E-state index contributed by atoms with van der Waals surface area (Å²) in [5.74, 6) is -0.982. The second-order valence-electron chi connectivity index (χ2n) is 10.8. The van der Waals surface area contributed by atoms with E-state index in [-0.39, 0.29) is 36.4 Å². The number of benzene rings is 2. The Labute approximate surface area is 265 Å². The van der Waals surface area contributed by atoms with Crippen molar-refractivity contribution in [1.29, 1.82) is 0 Å². The maximum atomic E-state index is 13.8. The van der Waals surface area contributed by atoms with Crippen LogP contribution in [0.1, 0.15) is 47.9 Å². The van der Waals surface area contributed by atoms with Crippen LogP contribution < -0.4 is 25.2 Å². The average molecular weight is 661 g/mol. The molecule has 6 rings (SSSR count). The number of fused-ring (bicyclic) bond motifs is 1. The lowest BCUT2D eigenvalue weighted by atomic mass is 10.1. The summed E-state index contributed by atoms with van der Waals surface area (Å²) in [6, 6.07) is 9.44. The number of halogens is 5. The molecule has 1 N–H and O–H groups in total. The van der Waals surface area contributed by atoms with Crippen LogP contribution in [0.4, 0.5) is 29.2 Å². The highest BCUT2D eigenvalue weighted by atomic mass is 35.5. The third kappa shape index (κ3) is 6.72. The van der Waals surface area contributed by atoms with Crippen molar-refractivity contribution in [2.24, 2.45) is 0 Å². The maximum Gasteiger partial charge on any atom is 0.420 e. The molecule has 10 nitrogen and oxygen atoms in total. The van der Waals surface area contributed by atoms with Gasteiger partial charge in [-0.2, -0.15) is 27.9 Å². The zero-order chi connectivity index (χ0) is 32.4. The van der Waals surface area contributed by atoms with Crippen LogP contribution in [0.3, 0.4) is 0 Å². The first-order valence-electron chi connectivity index (χ1n) is 14.6. The Bertz CT molecular complexity index is 1780. The Hall–Kier alpha value is -4.43. The van der Waals surface area contributed by atoms with Gasteiger partial charge in [0.05, 0.1) is 31.2 Å². The Morgan fingerprint density at radius 1 is 1.13 bits per heavy atom. The second kappa shape index (κ2) is 13.1. The number of hydrogen-bond acceptors (Lipinski definition) is 9. The fourth-order valence-electron chi connectivity index (χ4n) is 5.38. The molecule has 2 aliphatic heterocycles. The normalized spacial score (nSPS) is 16.6. The molecule has 0 bridgehead atoms. The van der Waals surface area contributed by atoms with Crippen LogP contribution in [0.15, 0.2) is 53.5 Å². The molecule has 0 saturated carbocycles. The smallest absolute Gasteiger partial charge is 0.420 e. The zero-order valence-corrected chi connectivity index (χ0v) is 25.4. The van der Waals surface area contributed by atoms with E-state index in [1.54, 1.807) is 19.2 Å². The summed E-state index contributed by atoms with van der Waals surface area (Å²) in [5.41, 5.74) is 0.407. The van der Waals surface area contributed by atoms with Gasteiger partial charge in [-0.1, -0.05) is 23.7 Å². The highest BCUT2D eigenvalue weighted by molar-refractivity contribution is 6.33. The minimum Gasteiger partial charge on any atom is -0.497 e. The van der Waals surface area contributed by atoms with E-state index in [1.807, 2.05) is 17.0 Å². The van der Waals surface area contributed by atoms with Crippen LogP contribution >= 0.6 is 11.6 Å². The minimum atomic E-state index is -4.87. The summed E-state index contributed by atoms with van der Waals surface area (Å²) >= 11 is 6.57. The van der Waals surface area contributed by atoms with Crippen molar-refractivity contribution in [3.05, 3.63) is 92.2 Å². The summed E-state index contributed by atoms with van der Waals surface area (Å²) in [6.07, 6.45) is -1.15. The lowest BCUT2D eigenvalue weighted by molar-refractivity contribution is -0.138. The first kappa shape index (κ1) is 31.5. The van der Waals surface area contributed by atoms with Crippen LogP contribution in [0, 0.1) is 5.82 Å². The molecule has 4 aromatic rings. The maximum absolute atomic E-state index is 13.8. The summed E-state index contributed by atoms with van der Waals surface area (Å²) in [7, 11) is 1.56. The lowest BCUT2D eigenvalue weighted by Crippen LogP contribution is -2.36. The highest BCUT2D eigenvalue weighted by Gasteiger charge is 2.36. The van der Waals surface area contributed by atoms with Crippen LogP contribution in [0.2, 0.25) is 5.02 Å². The molecule has 4 heterocycles. The van der Waals surface area contributed by atoms with E-state index in [0.29, 0.717) is 48.3 Å². The largest absolute Gasteiger partial charge is 0.497 e. The van der Waals surface area contributed by atoms with E-state index in [4.69, 9.17) is 25.8 Å². The summed E-state index contributed by atoms with van der Waals surface area (Å²) < 4.78 is 73.1. The van der Waals surface area contributed by atoms with E-state index >= 15 is 0 Å². The van der Waals surface area contributed by atoms with Crippen molar-refractivity contribution in [2.75, 3.05) is 30.5 Å². The number of methoxy groups -OCH3 is 1. The molecular formula is C31H29ClF4N6O4. The Balaban J connectivity index is 1.33. The molecule has 1 unspecified atom stereocenters. The quantitative estimate of drug-likeness (QED) is 0.212. The van der Waals surface area contributed by atoms with Crippen molar-refractivity contribution in [3.8, 4) is 17.4 Å². The van der Waals surface area contributed by atoms with Gasteiger partial charge < -0.3 is 24.4 Å². The van der Waals surface area contributed by atoms with Crippen LogP contribution in [0.25, 0.3) is 0 Å². The van der Waals surface area contributed by atoms with E-state index in [1.165, 1.54) is 10.9 Å². The number of rotatable bonds is 8. The van der Waals surface area contributed by atoms with Crippen LogP contribution in [0.5, 0.6) is 17.4 Å². The summed E-state index contributed by atoms with van der Waals surface area (Å²) in [5, 5.41) is 7.40. The highest BCUT2D eigenvalue weighted by Crippen LogP contribution is 2.40. The number of hydrogen-bond donors (Lipinski definition) is 1. The van der Waals surface area contributed by atoms with Crippen LogP contribution in [-0.4, -0.2) is 40.0 Å². The molecule has 0 spiro atoms. The van der Waals surface area contributed by atoms with Crippen molar-refractivity contribution in [2.45, 2.75) is 51.2 Å². The average Bonchev–Trinajstić information content (AvgIpc) is 3.05. The van der Waals surface area contributed by atoms with E-state index in [2.05, 4.69) is 20.4 Å². The molecule has 2 aromatic carbocycles. The van der Waals surface area contributed by atoms with Gasteiger partial charge in [-0.3, -0.25) is 4.79 Å². The topological polar surface area (TPSA) is 104 Å². The standard InChI is InChI=1S/C31H29ClF4N6O4/c1-44-20-8-5-18(6-9-20)15-37-30-39-23-17-41(24-16-38-42(29(43)27(24)32)26-4-2-3-13-45-26)12-11-21(23)28(40-30)46-25-10-7-19(33)14-22(25)31(34,35)36/h5-10,14,16,26H,2-4,11-13,15,17H2,1H3,(H,37,39,40). The Morgan fingerprint density at radius 3 is 2.65 bits per heavy atom. The summed E-state index contributed by atoms with van der Waals surface area (Å²) in [6.45, 7) is 1.26. The minimum absolute atomic E-state index is 0.0304. The number of aromatic nitrogens is 4. The lowest BCUT2D eigenvalue weighted by Gasteiger charge is -2.31. The fraction of sp³-hybridized carbons (Fsp3) is 0.355. The molecule has 2 aromatic heterocycles. The third-order valence-electron chi connectivity index (χ3n) is 7.78. The Morgan fingerprint density at radius 2 is 1.93 bits per heavy atom. The predicted molar refractivity (Wildman–Crippen MR) is 161 cm³/mol. The molecule has 15 heteroatoms. The molecule has 0 radical (unpaired) electrons. The van der Waals surface area contributed by atoms with E-state index in [0.717, 1.165) is 30.5 Å². The van der Waals surface area contributed by atoms with Gasteiger partial charge in [0.2, 0.25) is 11.8 Å². The molecule has 1 atom stereocenters. The first-order valence-corrected chi connectivity index (χ1v) is 14.9. The molecule has 1 fully saturated rings. The molecule has 0 aliphatic carbocycles. The number of nitrogens with zero attached hydrogens (tertiary/aromatic N) is 5. The third-order valence-corrected chi connectivity index (χ3v) is 8.14. The van der Waals surface area contributed by atoms with Gasteiger partial charge in [-0.15, -0.1) is 0 Å². The number of anilines is 2. The number of ether oxygens (including phenoxy) is 3. The fourth-order valence-corrected chi connectivity index (χ4v) is 5.64. The molecule has 0 amide bonds. The SMILES string of the molecule is COc1ccc(CNc2nc3c(c(Oc4ccc(F)cc4C(F)(F)F)n2)CCN(c2cnn(C4CCCCO4)c(=O)c2Cl)C3)cc1. The molecule has 46 heavy (non-hydrogen) atoms. The van der Waals surface area contributed by atoms with Gasteiger partial charge >= 0.3 is 6.18 Å². The van der Waals surface area contributed by atoms with Crippen LogP contribution in [-0.2, 0) is 30.4 Å². The molecule has 2 aliphatic rings. The number of alkyl halides is 3. The first-order chi connectivity index (χ1) is 22.1. The van der Waals surface area contributed by atoms with Gasteiger partial charge in [0, 0.05) is 25.3 Å². The Kier molecular flexibility index (Phi) is 9.00. The van der Waals surface area contributed by atoms with Crippen molar-refractivity contribution in [3.63, 3.8) is 0 Å². The van der Waals surface area contributed by atoms with Gasteiger partial charge in [0.15, 0.2) is 6.23 Å². The monoisotopic (exact) mass is 660 g/mol. The van der Waals surface area contributed by atoms with Crippen molar-refractivity contribution >= 4 is 23.2 Å². The van der Waals surface area contributed by atoms with Gasteiger partial charge in [0.1, 0.15) is 27.9 Å². The molecule has 1 saturated heterocycles. The zero-order valence-electron chi connectivity index (χ0n) is 24.6. The second-order valence-corrected chi connectivity index (χ2v) is 11.2. The molecular weight excluding hydrogens is 632 g/mol.